The fourth-order valence-corrected chi connectivity index (χ4v) is 1.70. The Morgan fingerprint density at radius 1 is 1.10 bits per heavy atom. The molecule has 0 fully saturated rings. The van der Waals surface area contributed by atoms with Crippen molar-refractivity contribution in [2.75, 3.05) is 5.32 Å². The fourth-order valence-electron chi connectivity index (χ4n) is 1.70. The Labute approximate surface area is 121 Å². The normalized spacial score (nSPS) is 10.5. The van der Waals surface area contributed by atoms with E-state index in [0.29, 0.717) is 11.3 Å². The number of hydrogen-bond donors (Lipinski definition) is 2. The van der Waals surface area contributed by atoms with Crippen LogP contribution in [0.3, 0.4) is 0 Å². The predicted molar refractivity (Wildman–Crippen MR) is 76.4 cm³/mol. The molecule has 2 rings (SSSR count). The lowest BCUT2D eigenvalue weighted by atomic mass is 10.1. The molecule has 21 heavy (non-hydrogen) atoms. The van der Waals surface area contributed by atoms with E-state index in [1.807, 2.05) is 6.07 Å². The summed E-state index contributed by atoms with van der Waals surface area (Å²) in [4.78, 5) is 22.5. The minimum Gasteiger partial charge on any atom is -0.872 e. The van der Waals surface area contributed by atoms with Crippen LogP contribution in [0.15, 0.2) is 60.8 Å². The minimum atomic E-state index is -1.26. The number of carboxylic acid groups (broad SMARTS) is 1. The van der Waals surface area contributed by atoms with Crippen molar-refractivity contribution < 1.29 is 19.8 Å². The van der Waals surface area contributed by atoms with E-state index in [9.17, 15) is 14.7 Å². The zero-order chi connectivity index (χ0) is 15.2. The van der Waals surface area contributed by atoms with E-state index in [-0.39, 0.29) is 11.3 Å². The number of nitrogens with one attached hydrogen (secondary N) is 1. The highest BCUT2D eigenvalue weighted by molar-refractivity contribution is 6.04. The predicted octanol–water partition coefficient (Wildman–Crippen LogP) is 2.27. The van der Waals surface area contributed by atoms with Crippen LogP contribution in [0.25, 0.3) is 0 Å². The average Bonchev–Trinajstić information content (AvgIpc) is 2.47. The zero-order valence-corrected chi connectivity index (χ0v) is 10.9. The van der Waals surface area contributed by atoms with E-state index >= 15 is 0 Å². The number of aromatic carboxylic acids is 1. The number of anilines is 1. The summed E-state index contributed by atoms with van der Waals surface area (Å²) in [6.07, 6.45) is 2.75. The molecule has 0 heterocycles. The molecule has 2 aromatic rings. The molecular formula is C16H12NO4-. The summed E-state index contributed by atoms with van der Waals surface area (Å²) in [5.74, 6) is -2.02. The lowest BCUT2D eigenvalue weighted by molar-refractivity contribution is -0.268. The molecule has 0 aliphatic carbocycles. The number of carbonyl (C=O) groups is 2. The molecule has 5 heteroatoms. The largest absolute Gasteiger partial charge is 0.872 e. The van der Waals surface area contributed by atoms with Gasteiger partial charge in [0.25, 0.3) is 0 Å². The van der Waals surface area contributed by atoms with E-state index in [0.717, 1.165) is 0 Å². The number of carboxylic acids is 1. The molecule has 0 atom stereocenters. The van der Waals surface area contributed by atoms with Crippen LogP contribution in [-0.2, 0) is 0 Å². The van der Waals surface area contributed by atoms with Gasteiger partial charge >= 0.3 is 5.97 Å². The first kappa shape index (κ1) is 14.3. The Hall–Kier alpha value is -3.08. The van der Waals surface area contributed by atoms with Gasteiger partial charge in [-0.15, -0.1) is 0 Å². The third-order valence-corrected chi connectivity index (χ3v) is 2.76. The van der Waals surface area contributed by atoms with Gasteiger partial charge in [0.15, 0.2) is 5.78 Å². The van der Waals surface area contributed by atoms with Gasteiger partial charge in [0.05, 0.1) is 5.56 Å². The smallest absolute Gasteiger partial charge is 0.335 e. The third-order valence-electron chi connectivity index (χ3n) is 2.76. The van der Waals surface area contributed by atoms with Gasteiger partial charge in [0.1, 0.15) is 0 Å². The van der Waals surface area contributed by atoms with Crippen LogP contribution in [0.2, 0.25) is 0 Å². The van der Waals surface area contributed by atoms with Gasteiger partial charge in [0, 0.05) is 23.5 Å². The highest BCUT2D eigenvalue weighted by Crippen LogP contribution is 2.19. The first-order valence-corrected chi connectivity index (χ1v) is 6.15. The monoisotopic (exact) mass is 282 g/mol. The Bertz CT molecular complexity index is 693. The topological polar surface area (TPSA) is 89.5 Å². The Morgan fingerprint density at radius 3 is 2.43 bits per heavy atom. The van der Waals surface area contributed by atoms with Crippen LogP contribution >= 0.6 is 0 Å². The van der Waals surface area contributed by atoms with Crippen LogP contribution < -0.4 is 10.4 Å². The van der Waals surface area contributed by atoms with Gasteiger partial charge in [-0.25, -0.2) is 4.79 Å². The first-order valence-electron chi connectivity index (χ1n) is 6.15. The molecular weight excluding hydrogens is 270 g/mol. The van der Waals surface area contributed by atoms with Crippen LogP contribution in [0.5, 0.6) is 5.75 Å². The molecule has 2 aromatic carbocycles. The molecule has 0 unspecified atom stereocenters. The summed E-state index contributed by atoms with van der Waals surface area (Å²) in [5.41, 5.74) is 0.688. The van der Waals surface area contributed by atoms with E-state index < -0.39 is 11.7 Å². The molecule has 0 aromatic heterocycles. The number of benzene rings is 2. The third kappa shape index (κ3) is 3.70. The van der Waals surface area contributed by atoms with Crippen LogP contribution in [-0.4, -0.2) is 16.9 Å². The molecule has 0 aliphatic heterocycles. The quantitative estimate of drug-likeness (QED) is 0.648. The maximum atomic E-state index is 11.8. The molecule has 106 valence electrons. The number of carbonyl (C=O) groups excluding carboxylic acids is 1. The van der Waals surface area contributed by atoms with Gasteiger partial charge in [-0.1, -0.05) is 36.1 Å². The van der Waals surface area contributed by atoms with Crippen molar-refractivity contribution in [2.24, 2.45) is 0 Å². The summed E-state index contributed by atoms with van der Waals surface area (Å²) in [7, 11) is 0. The van der Waals surface area contributed by atoms with Gasteiger partial charge in [-0.3, -0.25) is 4.79 Å². The second-order valence-corrected chi connectivity index (χ2v) is 4.22. The van der Waals surface area contributed by atoms with Crippen LogP contribution in [0, 0.1) is 0 Å². The van der Waals surface area contributed by atoms with Crippen molar-refractivity contribution >= 4 is 17.4 Å². The first-order chi connectivity index (χ1) is 10.1. The second-order valence-electron chi connectivity index (χ2n) is 4.22. The van der Waals surface area contributed by atoms with Crippen LogP contribution in [0.4, 0.5) is 5.69 Å². The lowest BCUT2D eigenvalue weighted by Crippen LogP contribution is -2.04. The van der Waals surface area contributed by atoms with Gasteiger partial charge in [0.2, 0.25) is 0 Å². The van der Waals surface area contributed by atoms with Gasteiger partial charge < -0.3 is 15.5 Å². The van der Waals surface area contributed by atoms with Gasteiger partial charge in [-0.05, 0) is 18.2 Å². The van der Waals surface area contributed by atoms with E-state index in [1.54, 1.807) is 24.3 Å². The molecule has 0 aliphatic rings. The average molecular weight is 282 g/mol. The number of rotatable bonds is 5. The summed E-state index contributed by atoms with van der Waals surface area (Å²) in [6.45, 7) is 0. The molecule has 2 N–H and O–H groups in total. The lowest BCUT2D eigenvalue weighted by Gasteiger charge is -2.11. The van der Waals surface area contributed by atoms with Crippen molar-refractivity contribution in [1.29, 1.82) is 0 Å². The molecule has 0 spiro atoms. The van der Waals surface area contributed by atoms with Crippen molar-refractivity contribution in [3.8, 4) is 5.75 Å². The molecule has 0 bridgehead atoms. The zero-order valence-electron chi connectivity index (χ0n) is 10.9. The van der Waals surface area contributed by atoms with Crippen molar-refractivity contribution in [3.63, 3.8) is 0 Å². The van der Waals surface area contributed by atoms with E-state index in [4.69, 9.17) is 5.11 Å². The highest BCUT2D eigenvalue weighted by Gasteiger charge is 2.03. The maximum Gasteiger partial charge on any atom is 0.335 e. The molecule has 0 saturated carbocycles. The Balaban J connectivity index is 2.03. The molecule has 0 radical (unpaired) electrons. The van der Waals surface area contributed by atoms with Crippen molar-refractivity contribution in [2.45, 2.75) is 0 Å². The van der Waals surface area contributed by atoms with Crippen LogP contribution in [0.1, 0.15) is 20.7 Å². The van der Waals surface area contributed by atoms with E-state index in [2.05, 4.69) is 5.32 Å². The summed E-state index contributed by atoms with van der Waals surface area (Å²) < 4.78 is 0. The minimum absolute atomic E-state index is 0.174. The standard InChI is InChI=1S/C16H13NO4/c18-14(11-4-2-1-3-5-11)8-9-17-12-6-7-13(16(20)21)15(19)10-12/h1-10,17,19H,(H,20,21)/p-1/b9-8+. The SMILES string of the molecule is O=C(/C=C/Nc1ccc(C(=O)O)c([O-])c1)c1ccccc1. The summed E-state index contributed by atoms with van der Waals surface area (Å²) in [6, 6.07) is 12.6. The van der Waals surface area contributed by atoms with Crippen molar-refractivity contribution in [1.82, 2.24) is 0 Å². The second kappa shape index (κ2) is 6.38. The molecule has 0 saturated heterocycles. The van der Waals surface area contributed by atoms with Crippen molar-refractivity contribution in [3.05, 3.63) is 71.9 Å². The summed E-state index contributed by atoms with van der Waals surface area (Å²) >= 11 is 0. The molecule has 5 nitrogen and oxygen atoms in total. The number of ketones is 1. The Kier molecular flexibility index (Phi) is 4.36. The van der Waals surface area contributed by atoms with Gasteiger partial charge in [-0.2, -0.15) is 0 Å². The highest BCUT2D eigenvalue weighted by atomic mass is 16.4. The number of allylic oxidation sites excluding steroid dienone is 1. The number of hydrogen-bond acceptors (Lipinski definition) is 4. The fraction of sp³-hybridized carbons (Fsp3) is 0. The Morgan fingerprint density at radius 2 is 1.81 bits per heavy atom. The maximum absolute atomic E-state index is 11.8. The summed E-state index contributed by atoms with van der Waals surface area (Å²) in [5, 5.41) is 23.0. The molecule has 0 amide bonds. The van der Waals surface area contributed by atoms with E-state index in [1.165, 1.54) is 30.5 Å².